The predicted octanol–water partition coefficient (Wildman–Crippen LogP) is 4.17. The lowest BCUT2D eigenvalue weighted by atomic mass is 9.94. The van der Waals surface area contributed by atoms with Crippen LogP contribution in [0.3, 0.4) is 0 Å². The molecule has 1 saturated heterocycles. The Bertz CT molecular complexity index is 1260. The van der Waals surface area contributed by atoms with Crippen molar-refractivity contribution in [2.75, 3.05) is 19.5 Å². The number of carbonyl (C=O) groups is 3. The summed E-state index contributed by atoms with van der Waals surface area (Å²) < 4.78 is 10.1. The summed E-state index contributed by atoms with van der Waals surface area (Å²) in [5.74, 6) is -1.05. The summed E-state index contributed by atoms with van der Waals surface area (Å²) in [7, 11) is 1.32. The van der Waals surface area contributed by atoms with E-state index in [4.69, 9.17) is 14.5 Å². The van der Waals surface area contributed by atoms with Crippen LogP contribution < -0.4 is 0 Å². The van der Waals surface area contributed by atoms with Crippen LogP contribution in [0.15, 0.2) is 65.7 Å². The van der Waals surface area contributed by atoms with Crippen molar-refractivity contribution >= 4 is 40.5 Å². The van der Waals surface area contributed by atoms with Gasteiger partial charge in [-0.15, -0.1) is 0 Å². The van der Waals surface area contributed by atoms with Crippen LogP contribution in [-0.4, -0.2) is 47.2 Å². The number of para-hydroxylation sites is 1. The third-order valence-electron chi connectivity index (χ3n) is 5.17. The van der Waals surface area contributed by atoms with E-state index < -0.39 is 11.9 Å². The molecule has 8 heteroatoms. The van der Waals surface area contributed by atoms with Gasteiger partial charge in [-0.1, -0.05) is 60.3 Å². The van der Waals surface area contributed by atoms with Gasteiger partial charge >= 0.3 is 11.9 Å². The number of fused-ring (bicyclic) bond motifs is 1. The lowest BCUT2D eigenvalue weighted by molar-refractivity contribution is -0.137. The Morgan fingerprint density at radius 1 is 1.12 bits per heavy atom. The normalized spacial score (nSPS) is 14.7. The summed E-state index contributed by atoms with van der Waals surface area (Å²) in [6, 6.07) is 17.1. The number of ether oxygens (including phenoxy) is 2. The molecule has 2 heterocycles. The van der Waals surface area contributed by atoms with Gasteiger partial charge in [0.15, 0.2) is 0 Å². The van der Waals surface area contributed by atoms with Crippen molar-refractivity contribution in [3.8, 4) is 11.1 Å². The van der Waals surface area contributed by atoms with Crippen LogP contribution in [0.2, 0.25) is 0 Å². The van der Waals surface area contributed by atoms with Gasteiger partial charge in [0.25, 0.3) is 0 Å². The molecule has 1 aliphatic heterocycles. The fourth-order valence-corrected chi connectivity index (χ4v) is 4.67. The monoisotopic (exact) mass is 462 g/mol. The Morgan fingerprint density at radius 3 is 2.58 bits per heavy atom. The molecule has 3 aromatic rings. The SMILES string of the molecule is CCOC(=O)C=C1SCC(=O)N1Cc1nc2ccccc2c(-c2ccccc2)c1C(=O)OC. The van der Waals surface area contributed by atoms with Gasteiger partial charge < -0.3 is 9.47 Å². The minimum atomic E-state index is -0.544. The third-order valence-corrected chi connectivity index (χ3v) is 6.19. The van der Waals surface area contributed by atoms with Crippen molar-refractivity contribution in [1.29, 1.82) is 0 Å². The second-order valence-corrected chi connectivity index (χ2v) is 8.18. The number of esters is 2. The highest BCUT2D eigenvalue weighted by atomic mass is 32.2. The first-order valence-electron chi connectivity index (χ1n) is 10.4. The van der Waals surface area contributed by atoms with Crippen LogP contribution in [0.5, 0.6) is 0 Å². The van der Waals surface area contributed by atoms with E-state index in [1.54, 1.807) is 6.92 Å². The average Bonchev–Trinajstić information content (AvgIpc) is 3.17. The first kappa shape index (κ1) is 22.5. The molecule has 0 spiro atoms. The maximum atomic E-state index is 13.0. The largest absolute Gasteiger partial charge is 0.465 e. The van der Waals surface area contributed by atoms with Gasteiger partial charge in [0, 0.05) is 10.9 Å². The van der Waals surface area contributed by atoms with Crippen LogP contribution >= 0.6 is 11.8 Å². The molecule has 1 aromatic heterocycles. The highest BCUT2D eigenvalue weighted by molar-refractivity contribution is 8.04. The number of hydrogen-bond acceptors (Lipinski definition) is 7. The highest BCUT2D eigenvalue weighted by Crippen LogP contribution is 2.36. The lowest BCUT2D eigenvalue weighted by Crippen LogP contribution is -2.26. The van der Waals surface area contributed by atoms with E-state index in [2.05, 4.69) is 0 Å². The highest BCUT2D eigenvalue weighted by Gasteiger charge is 2.31. The smallest absolute Gasteiger partial charge is 0.340 e. The molecule has 0 bridgehead atoms. The van der Waals surface area contributed by atoms with Gasteiger partial charge in [0.2, 0.25) is 5.91 Å². The number of amides is 1. The first-order valence-corrected chi connectivity index (χ1v) is 11.4. The third kappa shape index (κ3) is 4.61. The summed E-state index contributed by atoms with van der Waals surface area (Å²) in [4.78, 5) is 43.9. The average molecular weight is 463 g/mol. The molecule has 0 aliphatic carbocycles. The Kier molecular flexibility index (Phi) is 6.74. The van der Waals surface area contributed by atoms with Crippen molar-refractivity contribution < 1.29 is 23.9 Å². The zero-order valence-corrected chi connectivity index (χ0v) is 19.1. The standard InChI is InChI=1S/C25H22N2O5S/c1-3-32-22(29)13-21-27(20(28)15-33-21)14-19-24(25(30)31-2)23(16-9-5-4-6-10-16)17-11-7-8-12-18(17)26-19/h4-13H,3,14-15H2,1-2H3. The first-order chi connectivity index (χ1) is 16.0. The molecule has 2 aromatic carbocycles. The van der Waals surface area contributed by atoms with E-state index in [1.807, 2.05) is 54.6 Å². The molecule has 0 radical (unpaired) electrons. The summed E-state index contributed by atoms with van der Waals surface area (Å²) in [5.41, 5.74) is 2.90. The molecule has 168 valence electrons. The van der Waals surface area contributed by atoms with Gasteiger partial charge in [0.1, 0.15) is 0 Å². The molecule has 1 aliphatic rings. The number of methoxy groups -OCH3 is 1. The number of rotatable bonds is 6. The quantitative estimate of drug-likeness (QED) is 0.401. The molecule has 1 amide bonds. The molecule has 7 nitrogen and oxygen atoms in total. The minimum Gasteiger partial charge on any atom is -0.465 e. The van der Waals surface area contributed by atoms with Gasteiger partial charge in [0.05, 0.1) is 53.9 Å². The van der Waals surface area contributed by atoms with Crippen LogP contribution in [0, 0.1) is 0 Å². The van der Waals surface area contributed by atoms with E-state index in [1.165, 1.54) is 29.8 Å². The topological polar surface area (TPSA) is 85.8 Å². The van der Waals surface area contributed by atoms with E-state index in [0.717, 1.165) is 10.9 Å². The lowest BCUT2D eigenvalue weighted by Gasteiger charge is -2.21. The maximum absolute atomic E-state index is 13.0. The number of benzene rings is 2. The summed E-state index contributed by atoms with van der Waals surface area (Å²) in [6.07, 6.45) is 1.30. The molecule has 0 saturated carbocycles. The zero-order chi connectivity index (χ0) is 23.4. The molecular weight excluding hydrogens is 440 g/mol. The number of nitrogens with zero attached hydrogens (tertiary/aromatic N) is 2. The summed E-state index contributed by atoms with van der Waals surface area (Å²) >= 11 is 1.25. The number of hydrogen-bond donors (Lipinski definition) is 0. The summed E-state index contributed by atoms with van der Waals surface area (Å²) in [6.45, 7) is 1.97. The van der Waals surface area contributed by atoms with Crippen molar-refractivity contribution in [3.63, 3.8) is 0 Å². The van der Waals surface area contributed by atoms with Crippen LogP contribution in [-0.2, 0) is 25.6 Å². The Hall–Kier alpha value is -3.65. The van der Waals surface area contributed by atoms with Crippen LogP contribution in [0.4, 0.5) is 0 Å². The molecule has 0 atom stereocenters. The van der Waals surface area contributed by atoms with E-state index >= 15 is 0 Å². The Balaban J connectivity index is 1.90. The second kappa shape index (κ2) is 9.87. The van der Waals surface area contributed by atoms with Gasteiger partial charge in [-0.25, -0.2) is 14.6 Å². The molecule has 33 heavy (non-hydrogen) atoms. The van der Waals surface area contributed by atoms with Crippen molar-refractivity contribution in [1.82, 2.24) is 9.88 Å². The van der Waals surface area contributed by atoms with Crippen LogP contribution in [0.25, 0.3) is 22.0 Å². The van der Waals surface area contributed by atoms with Gasteiger partial charge in [-0.05, 0) is 18.6 Å². The van der Waals surface area contributed by atoms with Gasteiger partial charge in [-0.2, -0.15) is 0 Å². The summed E-state index contributed by atoms with van der Waals surface area (Å²) in [5, 5.41) is 1.27. The zero-order valence-electron chi connectivity index (χ0n) is 18.2. The van der Waals surface area contributed by atoms with E-state index in [0.29, 0.717) is 27.4 Å². The van der Waals surface area contributed by atoms with Crippen molar-refractivity contribution in [2.45, 2.75) is 13.5 Å². The maximum Gasteiger partial charge on any atom is 0.340 e. The Labute approximate surface area is 195 Å². The number of aromatic nitrogens is 1. The van der Waals surface area contributed by atoms with Crippen LogP contribution in [0.1, 0.15) is 23.0 Å². The number of carbonyl (C=O) groups excluding carboxylic acids is 3. The number of pyridine rings is 1. The van der Waals surface area contributed by atoms with E-state index in [9.17, 15) is 14.4 Å². The number of thioether (sulfide) groups is 1. The molecular formula is C25H22N2O5S. The second-order valence-electron chi connectivity index (χ2n) is 7.19. The minimum absolute atomic E-state index is 0.0200. The van der Waals surface area contributed by atoms with Crippen molar-refractivity contribution in [2.24, 2.45) is 0 Å². The molecule has 4 rings (SSSR count). The van der Waals surface area contributed by atoms with Crippen molar-refractivity contribution in [3.05, 3.63) is 77.0 Å². The fraction of sp³-hybridized carbons (Fsp3) is 0.200. The molecule has 0 unspecified atom stereocenters. The fourth-order valence-electron chi connectivity index (χ4n) is 3.74. The predicted molar refractivity (Wildman–Crippen MR) is 126 cm³/mol. The molecule has 1 fully saturated rings. The van der Waals surface area contributed by atoms with E-state index in [-0.39, 0.29) is 24.8 Å². The molecule has 0 N–H and O–H groups in total. The van der Waals surface area contributed by atoms with Gasteiger partial charge in [-0.3, -0.25) is 9.69 Å². The Morgan fingerprint density at radius 2 is 1.85 bits per heavy atom.